The van der Waals surface area contributed by atoms with Gasteiger partial charge in [-0.05, 0) is 120 Å². The van der Waals surface area contributed by atoms with Gasteiger partial charge in [0.1, 0.15) is 0 Å². The van der Waals surface area contributed by atoms with Gasteiger partial charge in [-0.2, -0.15) is 0 Å². The first-order valence-corrected chi connectivity index (χ1v) is 21.1. The first-order chi connectivity index (χ1) is 29.2. The Bertz CT molecular complexity index is 3390. The average Bonchev–Trinajstić information content (AvgIpc) is 3.78. The summed E-state index contributed by atoms with van der Waals surface area (Å²) in [5.74, 6) is 0. The number of hydrogen-bond donors (Lipinski definition) is 0. The highest BCUT2D eigenvalue weighted by Gasteiger charge is 2.46. The van der Waals surface area contributed by atoms with Crippen LogP contribution in [0.15, 0.2) is 223 Å². The summed E-state index contributed by atoms with van der Waals surface area (Å²) in [6.07, 6.45) is 0. The fourth-order valence-electron chi connectivity index (χ4n) is 10.2. The number of rotatable bonds is 5. The molecular weight excluding hydrogens is 779 g/mol. The zero-order chi connectivity index (χ0) is 39.1. The van der Waals surface area contributed by atoms with Gasteiger partial charge in [0.2, 0.25) is 0 Å². The van der Waals surface area contributed by atoms with E-state index in [0.29, 0.717) is 0 Å². The van der Waals surface area contributed by atoms with Crippen LogP contribution < -0.4 is 0 Å². The monoisotopic (exact) mass is 813 g/mol. The molecule has 0 amide bonds. The lowest BCUT2D eigenvalue weighted by molar-refractivity contribution is 0.767. The molecule has 1 aliphatic rings. The summed E-state index contributed by atoms with van der Waals surface area (Å²) in [6.45, 7) is 0. The molecule has 0 unspecified atom stereocenters. The minimum Gasteiger partial charge on any atom is -0.309 e. The smallest absolute Gasteiger partial charge is 0.0714 e. The molecular formula is C57H36BrN. The van der Waals surface area contributed by atoms with Crippen LogP contribution in [0.3, 0.4) is 0 Å². The van der Waals surface area contributed by atoms with Crippen molar-refractivity contribution >= 4 is 59.3 Å². The SMILES string of the molecule is Brc1cccc(-c2ccc(-c3cc4c(c5ccccc35)c3cc5ccccc5cc3n4-c3ccc4c(c3)C(c3ccccc3)(c3ccccc3)c3ccccc3-4)cc2)c1. The summed E-state index contributed by atoms with van der Waals surface area (Å²) in [5, 5.41) is 7.51. The Morgan fingerprint density at radius 1 is 0.356 bits per heavy atom. The van der Waals surface area contributed by atoms with Gasteiger partial charge < -0.3 is 4.57 Å². The molecule has 59 heavy (non-hydrogen) atoms. The van der Waals surface area contributed by atoms with E-state index < -0.39 is 5.41 Å². The first kappa shape index (κ1) is 34.1. The third-order valence-corrected chi connectivity index (χ3v) is 13.2. The summed E-state index contributed by atoms with van der Waals surface area (Å²) in [5.41, 5.74) is 15.6. The van der Waals surface area contributed by atoms with E-state index in [9.17, 15) is 0 Å². The molecule has 0 bridgehead atoms. The summed E-state index contributed by atoms with van der Waals surface area (Å²) in [7, 11) is 0. The molecule has 10 aromatic carbocycles. The minimum absolute atomic E-state index is 0.496. The van der Waals surface area contributed by atoms with Gasteiger partial charge in [-0.15, -0.1) is 0 Å². The topological polar surface area (TPSA) is 4.93 Å². The quantitative estimate of drug-likeness (QED) is 0.163. The minimum atomic E-state index is -0.496. The van der Waals surface area contributed by atoms with Crippen LogP contribution in [0.4, 0.5) is 0 Å². The second kappa shape index (κ2) is 13.3. The molecule has 12 rings (SSSR count). The van der Waals surface area contributed by atoms with Gasteiger partial charge in [0.05, 0.1) is 16.4 Å². The van der Waals surface area contributed by atoms with Crippen molar-refractivity contribution in [3.05, 3.63) is 245 Å². The number of nitrogens with zero attached hydrogens (tertiary/aromatic N) is 1. The molecule has 1 nitrogen and oxygen atoms in total. The lowest BCUT2D eigenvalue weighted by atomic mass is 9.67. The van der Waals surface area contributed by atoms with E-state index in [1.807, 2.05) is 0 Å². The van der Waals surface area contributed by atoms with E-state index >= 15 is 0 Å². The summed E-state index contributed by atoms with van der Waals surface area (Å²) in [6, 6.07) is 81.0. The van der Waals surface area contributed by atoms with Crippen LogP contribution in [0.1, 0.15) is 22.3 Å². The van der Waals surface area contributed by atoms with Gasteiger partial charge in [0, 0.05) is 20.9 Å². The summed E-state index contributed by atoms with van der Waals surface area (Å²) in [4.78, 5) is 0. The second-order valence-corrected chi connectivity index (χ2v) is 16.7. The number of benzene rings is 10. The van der Waals surface area contributed by atoms with Crippen LogP contribution in [0.5, 0.6) is 0 Å². The molecule has 1 aliphatic carbocycles. The van der Waals surface area contributed by atoms with E-state index in [4.69, 9.17) is 0 Å². The third-order valence-electron chi connectivity index (χ3n) is 12.7. The molecule has 0 N–H and O–H groups in total. The standard InChI is InChI=1S/C57H36BrN/c58-44-21-13-16-39(32-44)37-26-28-38(29-27-37)50-36-55-56(49-24-10-9-22-46(49)50)51-33-40-14-7-8-15-41(40)34-54(51)59(55)45-30-31-48-47-23-11-12-25-52(47)57(53(48)35-45,42-17-3-1-4-18-42)43-19-5-2-6-20-43/h1-36H. The Hall–Kier alpha value is -7.00. The Labute approximate surface area is 351 Å². The maximum absolute atomic E-state index is 3.67. The highest BCUT2D eigenvalue weighted by molar-refractivity contribution is 9.10. The van der Waals surface area contributed by atoms with Gasteiger partial charge in [-0.3, -0.25) is 0 Å². The van der Waals surface area contributed by atoms with Gasteiger partial charge >= 0.3 is 0 Å². The molecule has 0 saturated heterocycles. The molecule has 11 aromatic rings. The van der Waals surface area contributed by atoms with Gasteiger partial charge in [0.25, 0.3) is 0 Å². The molecule has 276 valence electrons. The maximum atomic E-state index is 3.67. The van der Waals surface area contributed by atoms with Crippen molar-refractivity contribution in [3.8, 4) is 39.1 Å². The van der Waals surface area contributed by atoms with Crippen molar-refractivity contribution < 1.29 is 0 Å². The van der Waals surface area contributed by atoms with Crippen molar-refractivity contribution in [1.82, 2.24) is 4.57 Å². The number of aromatic nitrogens is 1. The molecule has 2 heteroatoms. The fourth-order valence-corrected chi connectivity index (χ4v) is 10.6. The van der Waals surface area contributed by atoms with Crippen LogP contribution in [0.25, 0.3) is 82.4 Å². The molecule has 1 heterocycles. The Kier molecular flexibility index (Phi) is 7.67. The molecule has 0 atom stereocenters. The third kappa shape index (κ3) is 5.10. The molecule has 0 fully saturated rings. The highest BCUT2D eigenvalue weighted by Crippen LogP contribution is 2.57. The lowest BCUT2D eigenvalue weighted by Gasteiger charge is -2.34. The number of halogens is 1. The van der Waals surface area contributed by atoms with Crippen molar-refractivity contribution in [1.29, 1.82) is 0 Å². The predicted molar refractivity (Wildman–Crippen MR) is 252 cm³/mol. The Morgan fingerprint density at radius 2 is 0.983 bits per heavy atom. The molecule has 0 radical (unpaired) electrons. The van der Waals surface area contributed by atoms with Crippen LogP contribution in [-0.2, 0) is 5.41 Å². The van der Waals surface area contributed by atoms with Crippen molar-refractivity contribution in [2.24, 2.45) is 0 Å². The van der Waals surface area contributed by atoms with Gasteiger partial charge in [0.15, 0.2) is 0 Å². The summed E-state index contributed by atoms with van der Waals surface area (Å²) < 4.78 is 3.61. The van der Waals surface area contributed by atoms with E-state index in [2.05, 4.69) is 239 Å². The van der Waals surface area contributed by atoms with E-state index in [1.165, 1.54) is 99.0 Å². The number of fused-ring (bicyclic) bond motifs is 9. The zero-order valence-corrected chi connectivity index (χ0v) is 33.7. The predicted octanol–water partition coefficient (Wildman–Crippen LogP) is 15.5. The van der Waals surface area contributed by atoms with Gasteiger partial charge in [-0.1, -0.05) is 192 Å². The van der Waals surface area contributed by atoms with Crippen molar-refractivity contribution in [2.45, 2.75) is 5.41 Å². The number of hydrogen-bond acceptors (Lipinski definition) is 0. The molecule has 0 saturated carbocycles. The fraction of sp³-hybridized carbons (Fsp3) is 0.0175. The largest absolute Gasteiger partial charge is 0.309 e. The zero-order valence-electron chi connectivity index (χ0n) is 32.1. The average molecular weight is 815 g/mol. The second-order valence-electron chi connectivity index (χ2n) is 15.8. The van der Waals surface area contributed by atoms with Crippen LogP contribution >= 0.6 is 15.9 Å². The molecule has 1 aromatic heterocycles. The summed E-state index contributed by atoms with van der Waals surface area (Å²) >= 11 is 3.67. The lowest BCUT2D eigenvalue weighted by Crippen LogP contribution is -2.28. The first-order valence-electron chi connectivity index (χ1n) is 20.3. The van der Waals surface area contributed by atoms with Crippen LogP contribution in [0, 0.1) is 0 Å². The van der Waals surface area contributed by atoms with E-state index in [-0.39, 0.29) is 0 Å². The highest BCUT2D eigenvalue weighted by atomic mass is 79.9. The normalized spacial score (nSPS) is 13.0. The Balaban J connectivity index is 1.17. The van der Waals surface area contributed by atoms with Crippen molar-refractivity contribution in [3.63, 3.8) is 0 Å². The maximum Gasteiger partial charge on any atom is 0.0714 e. The van der Waals surface area contributed by atoms with E-state index in [1.54, 1.807) is 0 Å². The van der Waals surface area contributed by atoms with Crippen molar-refractivity contribution in [2.75, 3.05) is 0 Å². The van der Waals surface area contributed by atoms with E-state index in [0.717, 1.165) is 10.2 Å². The molecule has 0 aliphatic heterocycles. The van der Waals surface area contributed by atoms with Crippen LogP contribution in [-0.4, -0.2) is 4.57 Å². The Morgan fingerprint density at radius 3 is 1.73 bits per heavy atom. The van der Waals surface area contributed by atoms with Crippen LogP contribution in [0.2, 0.25) is 0 Å². The molecule has 0 spiro atoms. The van der Waals surface area contributed by atoms with Gasteiger partial charge in [-0.25, -0.2) is 0 Å².